The molecule has 11 heteroatoms. The summed E-state index contributed by atoms with van der Waals surface area (Å²) in [5, 5.41) is 34.2. The Morgan fingerprint density at radius 1 is 1.16 bits per heavy atom. The van der Waals surface area contributed by atoms with E-state index in [1.165, 1.54) is 13.1 Å². The number of cyclic esters (lactones) is 1. The Bertz CT molecular complexity index is 1090. The lowest BCUT2D eigenvalue weighted by Crippen LogP contribution is -2.59. The van der Waals surface area contributed by atoms with E-state index in [-0.39, 0.29) is 24.4 Å². The number of esters is 2. The Morgan fingerprint density at radius 3 is 2.47 bits per heavy atom. The molecule has 2 aliphatic rings. The molecule has 3 N–H and O–H groups in total. The van der Waals surface area contributed by atoms with Gasteiger partial charge in [-0.2, -0.15) is 0 Å². The highest BCUT2D eigenvalue weighted by molar-refractivity contribution is 5.89. The molecule has 0 bridgehead atoms. The van der Waals surface area contributed by atoms with Crippen LogP contribution in [0.25, 0.3) is 0 Å². The number of aliphatic hydroxyl groups excluding tert-OH is 2. The Kier molecular flexibility index (Phi) is 13.4. The number of hydrogen-bond donors (Lipinski definition) is 3. The van der Waals surface area contributed by atoms with Crippen molar-refractivity contribution in [3.63, 3.8) is 0 Å². The van der Waals surface area contributed by atoms with Gasteiger partial charge in [-0.3, -0.25) is 9.78 Å². The highest BCUT2D eigenvalue weighted by Gasteiger charge is 2.46. The van der Waals surface area contributed by atoms with E-state index in [0.29, 0.717) is 31.4 Å². The first-order valence-corrected chi connectivity index (χ1v) is 16.5. The van der Waals surface area contributed by atoms with Gasteiger partial charge in [0.05, 0.1) is 29.8 Å². The van der Waals surface area contributed by atoms with Crippen LogP contribution in [-0.4, -0.2) is 105 Å². The third-order valence-electron chi connectivity index (χ3n) is 9.88. The fourth-order valence-electron chi connectivity index (χ4n) is 6.85. The van der Waals surface area contributed by atoms with Crippen LogP contribution >= 0.6 is 0 Å². The molecular weight excluding hydrogens is 580 g/mol. The van der Waals surface area contributed by atoms with Crippen molar-refractivity contribution in [2.75, 3.05) is 13.6 Å². The fourth-order valence-corrected chi connectivity index (χ4v) is 6.85. The zero-order valence-corrected chi connectivity index (χ0v) is 28.5. The first-order chi connectivity index (χ1) is 21.1. The summed E-state index contributed by atoms with van der Waals surface area (Å²) in [6, 6.07) is 2.87. The molecule has 0 unspecified atom stereocenters. The molecule has 1 aromatic heterocycles. The summed E-state index contributed by atoms with van der Waals surface area (Å²) in [5.41, 5.74) is -1.39. The Labute approximate surface area is 268 Å². The summed E-state index contributed by atoms with van der Waals surface area (Å²) in [6.45, 7) is 15.3. The molecule has 0 aromatic carbocycles. The van der Waals surface area contributed by atoms with E-state index in [1.54, 1.807) is 32.2 Å². The lowest BCUT2D eigenvalue weighted by molar-refractivity contribution is -0.270. The van der Waals surface area contributed by atoms with Gasteiger partial charge in [0.2, 0.25) is 0 Å². The maximum Gasteiger partial charge on any atom is 0.340 e. The molecule has 0 aliphatic carbocycles. The normalized spacial score (nSPS) is 41.4. The number of rotatable bonds is 5. The highest BCUT2D eigenvalue weighted by Crippen LogP contribution is 2.35. The van der Waals surface area contributed by atoms with Crippen LogP contribution in [0.5, 0.6) is 0 Å². The van der Waals surface area contributed by atoms with Gasteiger partial charge in [0.1, 0.15) is 17.8 Å². The number of carbonyl (C=O) groups excluding carboxylic acids is 2. The number of aromatic nitrogens is 1. The maximum absolute atomic E-state index is 13.4. The first-order valence-electron chi connectivity index (χ1n) is 16.5. The van der Waals surface area contributed by atoms with E-state index in [4.69, 9.17) is 18.9 Å². The van der Waals surface area contributed by atoms with Crippen molar-refractivity contribution in [1.82, 2.24) is 9.88 Å². The second-order valence-corrected chi connectivity index (χ2v) is 13.8. The molecule has 13 atom stereocenters. The van der Waals surface area contributed by atoms with E-state index in [0.717, 1.165) is 0 Å². The van der Waals surface area contributed by atoms with Crippen molar-refractivity contribution in [1.29, 1.82) is 0 Å². The third-order valence-corrected chi connectivity index (χ3v) is 9.88. The lowest BCUT2D eigenvalue weighted by atomic mass is 9.80. The average Bonchev–Trinajstić information content (AvgIpc) is 3.01. The van der Waals surface area contributed by atoms with Crippen LogP contribution in [0.15, 0.2) is 24.5 Å². The number of aliphatic hydroxyl groups is 3. The van der Waals surface area contributed by atoms with Crippen molar-refractivity contribution in [3.8, 4) is 0 Å². The van der Waals surface area contributed by atoms with Gasteiger partial charge in [-0.15, -0.1) is 0 Å². The molecule has 2 aliphatic heterocycles. The van der Waals surface area contributed by atoms with E-state index in [1.807, 2.05) is 39.6 Å². The van der Waals surface area contributed by atoms with Crippen molar-refractivity contribution in [2.24, 2.45) is 23.7 Å². The fraction of sp³-hybridized carbons (Fsp3) is 0.794. The van der Waals surface area contributed by atoms with Crippen LogP contribution < -0.4 is 0 Å². The molecule has 0 amide bonds. The molecule has 2 saturated heterocycles. The quantitative estimate of drug-likeness (QED) is 0.408. The number of nitrogens with zero attached hydrogens (tertiary/aromatic N) is 2. The summed E-state index contributed by atoms with van der Waals surface area (Å²) >= 11 is 0. The van der Waals surface area contributed by atoms with Crippen LogP contribution in [0.1, 0.15) is 91.4 Å². The van der Waals surface area contributed by atoms with Crippen LogP contribution in [-0.2, 0) is 23.7 Å². The summed E-state index contributed by atoms with van der Waals surface area (Å²) in [7, 11) is 1.90. The summed E-state index contributed by atoms with van der Waals surface area (Å²) < 4.78 is 24.5. The minimum absolute atomic E-state index is 0.103. The molecule has 0 spiro atoms. The van der Waals surface area contributed by atoms with Crippen LogP contribution in [0.4, 0.5) is 0 Å². The van der Waals surface area contributed by atoms with Crippen molar-refractivity contribution in [2.45, 2.75) is 136 Å². The summed E-state index contributed by atoms with van der Waals surface area (Å²) in [4.78, 5) is 32.4. The molecule has 45 heavy (non-hydrogen) atoms. The number of pyridine rings is 1. The van der Waals surface area contributed by atoms with Crippen LogP contribution in [0, 0.1) is 23.7 Å². The van der Waals surface area contributed by atoms with Crippen LogP contribution in [0.3, 0.4) is 0 Å². The molecule has 3 rings (SSSR count). The molecular formula is C34H56N2O9. The monoisotopic (exact) mass is 636 g/mol. The van der Waals surface area contributed by atoms with Crippen LogP contribution in [0.2, 0.25) is 0 Å². The Balaban J connectivity index is 1.93. The first kappa shape index (κ1) is 37.3. The third kappa shape index (κ3) is 9.23. The van der Waals surface area contributed by atoms with Gasteiger partial charge < -0.3 is 39.2 Å². The minimum atomic E-state index is -1.71. The topological polar surface area (TPSA) is 148 Å². The van der Waals surface area contributed by atoms with E-state index in [2.05, 4.69) is 11.9 Å². The van der Waals surface area contributed by atoms with Crippen molar-refractivity contribution < 1.29 is 43.9 Å². The molecule has 3 heterocycles. The molecule has 0 saturated carbocycles. The minimum Gasteiger partial charge on any atom is -0.459 e. The summed E-state index contributed by atoms with van der Waals surface area (Å²) in [6.07, 6.45) is -0.362. The number of likely N-dealkylation sites (N-methyl/N-ethyl adjacent to an activating group) is 1. The standard InChI is InChI=1S/C34H56N2O9/c1-10-27-34(8,41)30(38)24(7)36(9)18-19(2)16-20(3)29(22(5)28(37)23(6)31(39)44-27)45-33-26(14-13-21(4)42-33)43-32(40)25-12-11-15-35-17-25/h11-12,15,17,19-24,26-30,33,37-38,41H,10,13-14,16,18H2,1-9H3/t19-,20+,21-,22+,23-,24-,26-,27-,28+,29+,30-,33+,34-/m1/s1. The zero-order valence-electron chi connectivity index (χ0n) is 28.5. The molecule has 0 radical (unpaired) electrons. The molecule has 11 nitrogen and oxygen atoms in total. The summed E-state index contributed by atoms with van der Waals surface area (Å²) in [5.74, 6) is -2.64. The predicted octanol–water partition coefficient (Wildman–Crippen LogP) is 3.58. The second-order valence-electron chi connectivity index (χ2n) is 13.8. The number of ether oxygens (including phenoxy) is 4. The van der Waals surface area contributed by atoms with Gasteiger partial charge in [0.15, 0.2) is 12.4 Å². The SMILES string of the molecule is CC[C@H]1OC(=O)[C@H](C)[C@@H](O)[C@H](C)[C@@H](O[C@@H]2O[C@H](C)CC[C@H]2OC(=O)c2cccnc2)[C@@H](C)C[C@@H](C)CN(C)[C@H](C)[C@@H](O)[C@]1(C)O. The van der Waals surface area contributed by atoms with Gasteiger partial charge in [-0.1, -0.05) is 27.7 Å². The second kappa shape index (κ2) is 16.1. The van der Waals surface area contributed by atoms with E-state index >= 15 is 0 Å². The molecule has 256 valence electrons. The lowest BCUT2D eigenvalue weighted by Gasteiger charge is -2.41. The van der Waals surface area contributed by atoms with Gasteiger partial charge in [-0.25, -0.2) is 4.79 Å². The number of hydrogen-bond acceptors (Lipinski definition) is 11. The molecule has 1 aromatic rings. The van der Waals surface area contributed by atoms with Crippen molar-refractivity contribution >= 4 is 11.9 Å². The van der Waals surface area contributed by atoms with Gasteiger partial charge >= 0.3 is 11.9 Å². The predicted molar refractivity (Wildman–Crippen MR) is 168 cm³/mol. The largest absolute Gasteiger partial charge is 0.459 e. The van der Waals surface area contributed by atoms with Crippen molar-refractivity contribution in [3.05, 3.63) is 30.1 Å². The number of carbonyl (C=O) groups is 2. The Morgan fingerprint density at radius 2 is 1.84 bits per heavy atom. The van der Waals surface area contributed by atoms with Gasteiger partial charge in [-0.05, 0) is 84.4 Å². The smallest absolute Gasteiger partial charge is 0.340 e. The van der Waals surface area contributed by atoms with Gasteiger partial charge in [0.25, 0.3) is 0 Å². The Hall–Kier alpha value is -2.15. The average molecular weight is 637 g/mol. The van der Waals surface area contributed by atoms with E-state index < -0.39 is 72.2 Å². The van der Waals surface area contributed by atoms with Gasteiger partial charge in [0, 0.05) is 30.9 Å². The molecule has 2 fully saturated rings. The maximum atomic E-state index is 13.4. The van der Waals surface area contributed by atoms with E-state index in [9.17, 15) is 24.9 Å². The highest BCUT2D eigenvalue weighted by atomic mass is 16.7. The zero-order chi connectivity index (χ0) is 33.6.